The second kappa shape index (κ2) is 7.68. The molecule has 1 aromatic rings. The molecule has 4 nitrogen and oxygen atoms in total. The van der Waals surface area contributed by atoms with Gasteiger partial charge in [0.1, 0.15) is 5.75 Å². The van der Waals surface area contributed by atoms with Crippen molar-refractivity contribution in [2.45, 2.75) is 19.9 Å². The molecule has 0 aliphatic heterocycles. The smallest absolute Gasteiger partial charge is 0.257 e. The Hall–Kier alpha value is -1.55. The SMILES string of the molecule is CCCNCc1cccc(OCC(=O)NC)c1. The van der Waals surface area contributed by atoms with Crippen molar-refractivity contribution in [1.82, 2.24) is 10.6 Å². The van der Waals surface area contributed by atoms with E-state index < -0.39 is 0 Å². The zero-order chi connectivity index (χ0) is 12.5. The minimum Gasteiger partial charge on any atom is -0.484 e. The molecule has 0 unspecified atom stereocenters. The van der Waals surface area contributed by atoms with Gasteiger partial charge in [-0.05, 0) is 30.7 Å². The number of benzene rings is 1. The van der Waals surface area contributed by atoms with E-state index >= 15 is 0 Å². The molecule has 0 radical (unpaired) electrons. The number of nitrogens with one attached hydrogen (secondary N) is 2. The van der Waals surface area contributed by atoms with Crippen LogP contribution in [0.15, 0.2) is 24.3 Å². The van der Waals surface area contributed by atoms with Crippen molar-refractivity contribution in [2.75, 3.05) is 20.2 Å². The minimum absolute atomic E-state index is 0.0579. The zero-order valence-electron chi connectivity index (χ0n) is 10.5. The highest BCUT2D eigenvalue weighted by Crippen LogP contribution is 2.12. The van der Waals surface area contributed by atoms with Gasteiger partial charge in [0.05, 0.1) is 0 Å². The lowest BCUT2D eigenvalue weighted by Gasteiger charge is -2.08. The Balaban J connectivity index is 2.44. The number of hydrogen-bond acceptors (Lipinski definition) is 3. The maximum Gasteiger partial charge on any atom is 0.257 e. The van der Waals surface area contributed by atoms with Crippen molar-refractivity contribution in [3.8, 4) is 5.75 Å². The Morgan fingerprint density at radius 2 is 2.24 bits per heavy atom. The topological polar surface area (TPSA) is 50.4 Å². The van der Waals surface area contributed by atoms with Crippen LogP contribution in [0, 0.1) is 0 Å². The first-order chi connectivity index (χ1) is 8.26. The minimum atomic E-state index is -0.125. The third-order valence-electron chi connectivity index (χ3n) is 2.30. The molecule has 1 amide bonds. The standard InChI is InChI=1S/C13H20N2O2/c1-3-7-15-9-11-5-4-6-12(8-11)17-10-13(16)14-2/h4-6,8,15H,3,7,9-10H2,1-2H3,(H,14,16). The van der Waals surface area contributed by atoms with E-state index in [4.69, 9.17) is 4.74 Å². The second-order valence-electron chi connectivity index (χ2n) is 3.79. The molecule has 0 saturated heterocycles. The van der Waals surface area contributed by atoms with Crippen molar-refractivity contribution in [3.05, 3.63) is 29.8 Å². The molecule has 0 fully saturated rings. The highest BCUT2D eigenvalue weighted by Gasteiger charge is 2.00. The molecular weight excluding hydrogens is 216 g/mol. The monoisotopic (exact) mass is 236 g/mol. The van der Waals surface area contributed by atoms with Crippen molar-refractivity contribution in [2.24, 2.45) is 0 Å². The van der Waals surface area contributed by atoms with Crippen LogP contribution in [-0.4, -0.2) is 26.1 Å². The Labute approximate surface area is 102 Å². The van der Waals surface area contributed by atoms with Gasteiger partial charge < -0.3 is 15.4 Å². The molecule has 0 spiro atoms. The fraction of sp³-hybridized carbons (Fsp3) is 0.462. The lowest BCUT2D eigenvalue weighted by Crippen LogP contribution is -2.24. The first-order valence-electron chi connectivity index (χ1n) is 5.89. The van der Waals surface area contributed by atoms with Gasteiger partial charge in [0.2, 0.25) is 0 Å². The van der Waals surface area contributed by atoms with Crippen LogP contribution in [0.2, 0.25) is 0 Å². The van der Waals surface area contributed by atoms with E-state index in [9.17, 15) is 4.79 Å². The fourth-order valence-electron chi connectivity index (χ4n) is 1.38. The van der Waals surface area contributed by atoms with Crippen LogP contribution in [0.4, 0.5) is 0 Å². The summed E-state index contributed by atoms with van der Waals surface area (Å²) in [6.45, 7) is 4.02. The first kappa shape index (κ1) is 13.5. The van der Waals surface area contributed by atoms with Crippen LogP contribution in [0.25, 0.3) is 0 Å². The van der Waals surface area contributed by atoms with Crippen molar-refractivity contribution >= 4 is 5.91 Å². The van der Waals surface area contributed by atoms with Crippen molar-refractivity contribution in [3.63, 3.8) is 0 Å². The van der Waals surface area contributed by atoms with Crippen LogP contribution < -0.4 is 15.4 Å². The van der Waals surface area contributed by atoms with E-state index in [1.54, 1.807) is 7.05 Å². The fourth-order valence-corrected chi connectivity index (χ4v) is 1.38. The highest BCUT2D eigenvalue weighted by atomic mass is 16.5. The Morgan fingerprint density at radius 1 is 1.41 bits per heavy atom. The van der Waals surface area contributed by atoms with Crippen molar-refractivity contribution < 1.29 is 9.53 Å². The average Bonchev–Trinajstić information content (AvgIpc) is 2.37. The number of rotatable bonds is 7. The molecule has 0 aliphatic carbocycles. The molecule has 0 saturated carbocycles. The highest BCUT2D eigenvalue weighted by molar-refractivity contribution is 5.77. The third kappa shape index (κ3) is 5.36. The molecule has 0 aromatic heterocycles. The molecule has 0 heterocycles. The van der Waals surface area contributed by atoms with Gasteiger partial charge in [-0.3, -0.25) is 4.79 Å². The van der Waals surface area contributed by atoms with E-state index in [0.29, 0.717) is 0 Å². The number of ether oxygens (including phenoxy) is 1. The number of likely N-dealkylation sites (N-methyl/N-ethyl adjacent to an activating group) is 1. The molecule has 0 aliphatic rings. The maximum absolute atomic E-state index is 11.0. The van der Waals surface area contributed by atoms with Crippen LogP contribution >= 0.6 is 0 Å². The summed E-state index contributed by atoms with van der Waals surface area (Å²) in [5.74, 6) is 0.601. The van der Waals surface area contributed by atoms with E-state index in [-0.39, 0.29) is 12.5 Å². The van der Waals surface area contributed by atoms with Gasteiger partial charge in [-0.1, -0.05) is 19.1 Å². The summed E-state index contributed by atoms with van der Waals surface area (Å²) in [5.41, 5.74) is 1.16. The summed E-state index contributed by atoms with van der Waals surface area (Å²) < 4.78 is 5.37. The van der Waals surface area contributed by atoms with Gasteiger partial charge in [-0.15, -0.1) is 0 Å². The molecule has 1 aromatic carbocycles. The number of amides is 1. The third-order valence-corrected chi connectivity index (χ3v) is 2.30. The van der Waals surface area contributed by atoms with E-state index in [0.717, 1.165) is 30.8 Å². The number of carbonyl (C=O) groups excluding carboxylic acids is 1. The molecule has 4 heteroatoms. The van der Waals surface area contributed by atoms with E-state index in [1.165, 1.54) is 0 Å². The van der Waals surface area contributed by atoms with E-state index in [1.807, 2.05) is 24.3 Å². The predicted octanol–water partition coefficient (Wildman–Crippen LogP) is 1.31. The number of carbonyl (C=O) groups is 1. The Morgan fingerprint density at radius 3 is 2.94 bits per heavy atom. The van der Waals surface area contributed by atoms with Crippen LogP contribution in [0.5, 0.6) is 5.75 Å². The Kier molecular flexibility index (Phi) is 6.10. The van der Waals surface area contributed by atoms with Crippen LogP contribution in [0.3, 0.4) is 0 Å². The normalized spacial score (nSPS) is 10.0. The van der Waals surface area contributed by atoms with E-state index in [2.05, 4.69) is 17.6 Å². The Bertz CT molecular complexity index is 353. The quantitative estimate of drug-likeness (QED) is 0.702. The molecule has 1 rings (SSSR count). The molecule has 2 N–H and O–H groups in total. The molecule has 0 bridgehead atoms. The summed E-state index contributed by atoms with van der Waals surface area (Å²) in [5, 5.41) is 5.84. The van der Waals surface area contributed by atoms with Gasteiger partial charge in [0.25, 0.3) is 5.91 Å². The lowest BCUT2D eigenvalue weighted by atomic mass is 10.2. The van der Waals surface area contributed by atoms with Gasteiger partial charge in [0.15, 0.2) is 6.61 Å². The average molecular weight is 236 g/mol. The van der Waals surface area contributed by atoms with Gasteiger partial charge in [0, 0.05) is 13.6 Å². The lowest BCUT2D eigenvalue weighted by molar-refractivity contribution is -0.122. The van der Waals surface area contributed by atoms with Crippen LogP contribution in [0.1, 0.15) is 18.9 Å². The van der Waals surface area contributed by atoms with Crippen LogP contribution in [-0.2, 0) is 11.3 Å². The van der Waals surface area contributed by atoms with Gasteiger partial charge >= 0.3 is 0 Å². The summed E-state index contributed by atoms with van der Waals surface area (Å²) in [7, 11) is 1.59. The summed E-state index contributed by atoms with van der Waals surface area (Å²) >= 11 is 0. The summed E-state index contributed by atoms with van der Waals surface area (Å²) in [4.78, 5) is 11.0. The van der Waals surface area contributed by atoms with Gasteiger partial charge in [-0.2, -0.15) is 0 Å². The number of hydrogen-bond donors (Lipinski definition) is 2. The zero-order valence-corrected chi connectivity index (χ0v) is 10.5. The maximum atomic E-state index is 11.0. The second-order valence-corrected chi connectivity index (χ2v) is 3.79. The van der Waals surface area contributed by atoms with Crippen molar-refractivity contribution in [1.29, 1.82) is 0 Å². The molecular formula is C13H20N2O2. The predicted molar refractivity (Wildman–Crippen MR) is 68.0 cm³/mol. The summed E-state index contributed by atoms with van der Waals surface area (Å²) in [6, 6.07) is 7.77. The largest absolute Gasteiger partial charge is 0.484 e. The van der Waals surface area contributed by atoms with Gasteiger partial charge in [-0.25, -0.2) is 0 Å². The summed E-state index contributed by atoms with van der Waals surface area (Å²) in [6.07, 6.45) is 1.12. The molecule has 0 atom stereocenters. The first-order valence-corrected chi connectivity index (χ1v) is 5.89. The molecule has 17 heavy (non-hydrogen) atoms. The molecule has 94 valence electrons.